The van der Waals surface area contributed by atoms with E-state index in [4.69, 9.17) is 4.74 Å². The van der Waals surface area contributed by atoms with E-state index in [2.05, 4.69) is 25.1 Å². The molecule has 0 bridgehead atoms. The second kappa shape index (κ2) is 10.1. The lowest BCUT2D eigenvalue weighted by Gasteiger charge is -2.30. The van der Waals surface area contributed by atoms with Crippen LogP contribution >= 0.6 is 0 Å². The number of amides is 2. The topological polar surface area (TPSA) is 66.8 Å². The van der Waals surface area contributed by atoms with Gasteiger partial charge in [-0.05, 0) is 72.7 Å². The SMILES string of the molecule is CC1=C2[C@@H](CC/C(=C/c3cccc(O)c3)c3ccccc3)OC[C@@H]2[C@@H]2C(=O)N(c3ccccc3)C(=O)[C@@H]2C1. The highest BCUT2D eigenvalue weighted by Crippen LogP contribution is 2.50. The van der Waals surface area contributed by atoms with Crippen molar-refractivity contribution < 1.29 is 19.4 Å². The zero-order valence-corrected chi connectivity index (χ0v) is 21.4. The van der Waals surface area contributed by atoms with Gasteiger partial charge in [-0.15, -0.1) is 0 Å². The van der Waals surface area contributed by atoms with E-state index in [-0.39, 0.29) is 41.4 Å². The van der Waals surface area contributed by atoms with Crippen LogP contribution in [0, 0.1) is 17.8 Å². The number of imide groups is 1. The minimum atomic E-state index is -0.358. The Morgan fingerprint density at radius 3 is 2.42 bits per heavy atom. The standard InChI is InChI=1S/C33H31NO4/c1-21-17-27-31(33(37)34(32(27)36)25-12-6-3-7-13-25)28-20-38-29(30(21)28)16-15-24(23-10-4-2-5-11-23)18-22-9-8-14-26(35)19-22/h2-14,18-19,27-29,31,35H,15-17,20H2,1H3/b24-18-/t27-,28+,29-,31-/m1/s1. The van der Waals surface area contributed by atoms with E-state index in [0.29, 0.717) is 18.7 Å². The molecule has 3 aromatic carbocycles. The van der Waals surface area contributed by atoms with Gasteiger partial charge in [-0.25, -0.2) is 0 Å². The van der Waals surface area contributed by atoms with Crippen LogP contribution in [0.2, 0.25) is 0 Å². The van der Waals surface area contributed by atoms with Crippen LogP contribution in [0.25, 0.3) is 11.6 Å². The molecule has 0 radical (unpaired) electrons. The van der Waals surface area contributed by atoms with Gasteiger partial charge in [-0.2, -0.15) is 0 Å². The third-order valence-electron chi connectivity index (χ3n) is 8.20. The number of benzene rings is 3. The molecule has 192 valence electrons. The van der Waals surface area contributed by atoms with E-state index in [9.17, 15) is 14.7 Å². The molecule has 0 saturated carbocycles. The Labute approximate surface area is 223 Å². The monoisotopic (exact) mass is 505 g/mol. The van der Waals surface area contributed by atoms with Crippen molar-refractivity contribution in [1.29, 1.82) is 0 Å². The molecule has 5 nitrogen and oxygen atoms in total. The minimum Gasteiger partial charge on any atom is -0.508 e. The Bertz CT molecular complexity index is 1430. The fourth-order valence-corrected chi connectivity index (χ4v) is 6.52. The first-order chi connectivity index (χ1) is 18.5. The number of ether oxygens (including phenoxy) is 1. The number of fused-ring (bicyclic) bond motifs is 3. The molecule has 4 atom stereocenters. The number of para-hydroxylation sites is 1. The number of nitrogens with zero attached hydrogens (tertiary/aromatic N) is 1. The zero-order valence-electron chi connectivity index (χ0n) is 21.4. The van der Waals surface area contributed by atoms with Gasteiger partial charge in [0.25, 0.3) is 0 Å². The second-order valence-electron chi connectivity index (χ2n) is 10.5. The quantitative estimate of drug-likeness (QED) is 0.244. The summed E-state index contributed by atoms with van der Waals surface area (Å²) >= 11 is 0. The molecular weight excluding hydrogens is 474 g/mol. The van der Waals surface area contributed by atoms with Crippen LogP contribution < -0.4 is 4.90 Å². The van der Waals surface area contributed by atoms with Crippen LogP contribution in [-0.2, 0) is 14.3 Å². The molecule has 38 heavy (non-hydrogen) atoms. The maximum atomic E-state index is 13.6. The van der Waals surface area contributed by atoms with Crippen molar-refractivity contribution in [2.75, 3.05) is 11.5 Å². The maximum Gasteiger partial charge on any atom is 0.238 e. The van der Waals surface area contributed by atoms with Crippen molar-refractivity contribution in [3.63, 3.8) is 0 Å². The Balaban J connectivity index is 1.25. The molecule has 2 saturated heterocycles. The number of carbonyl (C=O) groups excluding carboxylic acids is 2. The number of hydrogen-bond acceptors (Lipinski definition) is 4. The molecule has 2 aliphatic heterocycles. The van der Waals surface area contributed by atoms with Crippen LogP contribution in [-0.4, -0.2) is 29.6 Å². The van der Waals surface area contributed by atoms with Crippen LogP contribution in [0.15, 0.2) is 96.1 Å². The number of hydrogen-bond donors (Lipinski definition) is 1. The number of phenolic OH excluding ortho intramolecular Hbond substituents is 1. The highest BCUT2D eigenvalue weighted by atomic mass is 16.5. The summed E-state index contributed by atoms with van der Waals surface area (Å²) in [6.07, 6.45) is 4.21. The molecule has 3 aliphatic rings. The summed E-state index contributed by atoms with van der Waals surface area (Å²) in [6, 6.07) is 26.8. The first-order valence-electron chi connectivity index (χ1n) is 13.3. The smallest absolute Gasteiger partial charge is 0.238 e. The van der Waals surface area contributed by atoms with Gasteiger partial charge in [0.05, 0.1) is 30.2 Å². The summed E-state index contributed by atoms with van der Waals surface area (Å²) < 4.78 is 6.35. The van der Waals surface area contributed by atoms with Gasteiger partial charge < -0.3 is 9.84 Å². The number of allylic oxidation sites excluding steroid dienone is 2. The van der Waals surface area contributed by atoms with Gasteiger partial charge in [-0.3, -0.25) is 14.5 Å². The summed E-state index contributed by atoms with van der Waals surface area (Å²) in [6.45, 7) is 2.57. The molecule has 2 amide bonds. The van der Waals surface area contributed by atoms with Gasteiger partial charge in [0.1, 0.15) is 5.75 Å². The maximum absolute atomic E-state index is 13.6. The molecule has 6 rings (SSSR count). The minimum absolute atomic E-state index is 0.0564. The number of carbonyl (C=O) groups is 2. The van der Waals surface area contributed by atoms with Crippen molar-refractivity contribution in [3.05, 3.63) is 107 Å². The Morgan fingerprint density at radius 2 is 1.68 bits per heavy atom. The van der Waals surface area contributed by atoms with Crippen molar-refractivity contribution in [1.82, 2.24) is 0 Å². The zero-order chi connectivity index (χ0) is 26.2. The molecule has 3 aromatic rings. The third-order valence-corrected chi connectivity index (χ3v) is 8.20. The highest BCUT2D eigenvalue weighted by Gasteiger charge is 2.56. The number of phenols is 1. The number of aromatic hydroxyl groups is 1. The second-order valence-corrected chi connectivity index (χ2v) is 10.5. The molecule has 1 N–H and O–H groups in total. The predicted octanol–water partition coefficient (Wildman–Crippen LogP) is 6.25. The lowest BCUT2D eigenvalue weighted by atomic mass is 9.70. The summed E-state index contributed by atoms with van der Waals surface area (Å²) in [5, 5.41) is 9.95. The van der Waals surface area contributed by atoms with Gasteiger partial charge >= 0.3 is 0 Å². The van der Waals surface area contributed by atoms with Crippen molar-refractivity contribution >= 4 is 29.2 Å². The fraction of sp³-hybridized carbons (Fsp3) is 0.273. The fourth-order valence-electron chi connectivity index (χ4n) is 6.52. The van der Waals surface area contributed by atoms with E-state index in [0.717, 1.165) is 29.5 Å². The first kappa shape index (κ1) is 24.4. The number of anilines is 1. The molecule has 5 heteroatoms. The summed E-state index contributed by atoms with van der Waals surface area (Å²) in [4.78, 5) is 28.3. The normalized spacial score (nSPS) is 25.1. The van der Waals surface area contributed by atoms with Crippen molar-refractivity contribution in [2.24, 2.45) is 17.8 Å². The number of rotatable bonds is 6. The highest BCUT2D eigenvalue weighted by molar-refractivity contribution is 6.22. The van der Waals surface area contributed by atoms with E-state index in [1.165, 1.54) is 16.0 Å². The first-order valence-corrected chi connectivity index (χ1v) is 13.3. The van der Waals surface area contributed by atoms with Gasteiger partial charge in [0, 0.05) is 5.92 Å². The molecule has 0 aromatic heterocycles. The molecule has 2 heterocycles. The lowest BCUT2D eigenvalue weighted by molar-refractivity contribution is -0.122. The Hall–Kier alpha value is -3.96. The average molecular weight is 506 g/mol. The van der Waals surface area contributed by atoms with Crippen LogP contribution in [0.3, 0.4) is 0 Å². The summed E-state index contributed by atoms with van der Waals surface area (Å²) in [7, 11) is 0. The summed E-state index contributed by atoms with van der Waals surface area (Å²) in [5.41, 5.74) is 6.30. The molecule has 1 aliphatic carbocycles. The lowest BCUT2D eigenvalue weighted by Crippen LogP contribution is -2.34. The van der Waals surface area contributed by atoms with Gasteiger partial charge in [-0.1, -0.05) is 72.3 Å². The van der Waals surface area contributed by atoms with E-state index < -0.39 is 0 Å². The third kappa shape index (κ3) is 4.37. The van der Waals surface area contributed by atoms with Gasteiger partial charge in [0.15, 0.2) is 0 Å². The van der Waals surface area contributed by atoms with E-state index in [1.54, 1.807) is 12.1 Å². The molecule has 2 fully saturated rings. The van der Waals surface area contributed by atoms with Crippen LogP contribution in [0.1, 0.15) is 37.3 Å². The van der Waals surface area contributed by atoms with Crippen LogP contribution in [0.4, 0.5) is 5.69 Å². The molecule has 0 unspecified atom stereocenters. The van der Waals surface area contributed by atoms with Gasteiger partial charge in [0.2, 0.25) is 11.8 Å². The molecule has 0 spiro atoms. The largest absolute Gasteiger partial charge is 0.508 e. The average Bonchev–Trinajstić information content (AvgIpc) is 3.46. The van der Waals surface area contributed by atoms with E-state index in [1.807, 2.05) is 60.7 Å². The van der Waals surface area contributed by atoms with Crippen LogP contribution in [0.5, 0.6) is 5.75 Å². The molecular formula is C33H31NO4. The van der Waals surface area contributed by atoms with Crippen molar-refractivity contribution in [2.45, 2.75) is 32.3 Å². The Morgan fingerprint density at radius 1 is 0.947 bits per heavy atom. The predicted molar refractivity (Wildman–Crippen MR) is 148 cm³/mol. The Kier molecular flexibility index (Phi) is 6.46. The van der Waals surface area contributed by atoms with E-state index >= 15 is 0 Å². The van der Waals surface area contributed by atoms with Crippen molar-refractivity contribution in [3.8, 4) is 5.75 Å². The summed E-state index contributed by atoms with van der Waals surface area (Å²) in [5.74, 6) is -0.676.